The van der Waals surface area contributed by atoms with Crippen molar-refractivity contribution in [2.24, 2.45) is 0 Å². The largest absolute Gasteiger partial charge is 0.325 e. The lowest BCUT2D eigenvalue weighted by molar-refractivity contribution is -0.115. The monoisotopic (exact) mass is 316 g/mol. The first-order valence-corrected chi connectivity index (χ1v) is 8.38. The van der Waals surface area contributed by atoms with Crippen molar-refractivity contribution in [3.63, 3.8) is 0 Å². The molecule has 0 spiro atoms. The van der Waals surface area contributed by atoms with Gasteiger partial charge in [0.15, 0.2) is 5.16 Å². The average Bonchev–Trinajstić information content (AvgIpc) is 3.24. The molecule has 1 saturated carbocycles. The number of carbonyl (C=O) groups is 1. The van der Waals surface area contributed by atoms with Gasteiger partial charge in [-0.1, -0.05) is 23.9 Å². The number of rotatable bonds is 5. The molecule has 5 nitrogen and oxygen atoms in total. The number of nitrogens with zero attached hydrogens (tertiary/aromatic N) is 3. The molecule has 3 rings (SSSR count). The average molecular weight is 316 g/mol. The van der Waals surface area contributed by atoms with Crippen LogP contribution >= 0.6 is 11.8 Å². The van der Waals surface area contributed by atoms with Crippen molar-refractivity contribution < 1.29 is 4.79 Å². The Hall–Kier alpha value is -1.82. The molecule has 0 radical (unpaired) electrons. The lowest BCUT2D eigenvalue weighted by atomic mass is 10.2. The van der Waals surface area contributed by atoms with Gasteiger partial charge in [-0.3, -0.25) is 4.79 Å². The molecule has 1 heterocycles. The van der Waals surface area contributed by atoms with Crippen molar-refractivity contribution in [1.82, 2.24) is 14.8 Å². The van der Waals surface area contributed by atoms with Crippen LogP contribution in [0.25, 0.3) is 0 Å². The van der Waals surface area contributed by atoms with Gasteiger partial charge in [-0.25, -0.2) is 0 Å². The lowest BCUT2D eigenvalue weighted by Crippen LogP contribution is -2.23. The van der Waals surface area contributed by atoms with Gasteiger partial charge in [0.25, 0.3) is 0 Å². The van der Waals surface area contributed by atoms with Crippen molar-refractivity contribution >= 4 is 23.4 Å². The molecule has 1 aromatic heterocycles. The zero-order chi connectivity index (χ0) is 15.7. The van der Waals surface area contributed by atoms with Gasteiger partial charge < -0.3 is 9.88 Å². The summed E-state index contributed by atoms with van der Waals surface area (Å²) in [6.45, 7) is 5.87. The minimum atomic E-state index is -0.221. The van der Waals surface area contributed by atoms with Crippen molar-refractivity contribution in [2.45, 2.75) is 50.1 Å². The van der Waals surface area contributed by atoms with Crippen LogP contribution in [0.1, 0.15) is 37.2 Å². The molecule has 6 heteroatoms. The quantitative estimate of drug-likeness (QED) is 0.859. The van der Waals surface area contributed by atoms with Crippen LogP contribution in [0.2, 0.25) is 0 Å². The van der Waals surface area contributed by atoms with E-state index in [1.54, 1.807) is 0 Å². The molecule has 0 saturated heterocycles. The van der Waals surface area contributed by atoms with Gasteiger partial charge in [0.1, 0.15) is 5.82 Å². The van der Waals surface area contributed by atoms with E-state index in [0.29, 0.717) is 6.04 Å². The summed E-state index contributed by atoms with van der Waals surface area (Å²) >= 11 is 1.47. The molecule has 1 atom stereocenters. The normalized spacial score (nSPS) is 15.6. The molecule has 1 amide bonds. The highest BCUT2D eigenvalue weighted by atomic mass is 32.2. The van der Waals surface area contributed by atoms with Crippen LogP contribution in [0.15, 0.2) is 29.4 Å². The molecule has 1 aliphatic carbocycles. The fourth-order valence-corrected chi connectivity index (χ4v) is 3.33. The van der Waals surface area contributed by atoms with Crippen molar-refractivity contribution in [3.05, 3.63) is 35.7 Å². The second-order valence-electron chi connectivity index (χ2n) is 5.75. The second-order valence-corrected chi connectivity index (χ2v) is 7.06. The van der Waals surface area contributed by atoms with Gasteiger partial charge in [0.05, 0.1) is 5.25 Å². The number of hydrogen-bond donors (Lipinski definition) is 1. The van der Waals surface area contributed by atoms with Gasteiger partial charge in [0.2, 0.25) is 5.91 Å². The van der Waals surface area contributed by atoms with Crippen LogP contribution in [-0.4, -0.2) is 25.9 Å². The molecule has 22 heavy (non-hydrogen) atoms. The predicted octanol–water partition coefficient (Wildman–Crippen LogP) is 3.35. The first-order chi connectivity index (χ1) is 10.5. The number of nitrogens with one attached hydrogen (secondary N) is 1. The highest BCUT2D eigenvalue weighted by molar-refractivity contribution is 8.00. The Labute approximate surface area is 134 Å². The zero-order valence-electron chi connectivity index (χ0n) is 13.0. The Bertz CT molecular complexity index is 693. The highest BCUT2D eigenvalue weighted by Gasteiger charge is 2.29. The van der Waals surface area contributed by atoms with Crippen LogP contribution in [0.5, 0.6) is 0 Å². The summed E-state index contributed by atoms with van der Waals surface area (Å²) in [6.07, 6.45) is 2.35. The van der Waals surface area contributed by atoms with Crippen LogP contribution in [0.3, 0.4) is 0 Å². The van der Waals surface area contributed by atoms with E-state index >= 15 is 0 Å². The molecule has 1 N–H and O–H groups in total. The number of aryl methyl sites for hydroxylation is 2. The number of aromatic nitrogens is 3. The number of hydrogen-bond acceptors (Lipinski definition) is 4. The Morgan fingerprint density at radius 2 is 2.14 bits per heavy atom. The smallest absolute Gasteiger partial charge is 0.237 e. The number of anilines is 1. The maximum absolute atomic E-state index is 12.3. The van der Waals surface area contributed by atoms with Gasteiger partial charge >= 0.3 is 0 Å². The maximum Gasteiger partial charge on any atom is 0.237 e. The summed E-state index contributed by atoms with van der Waals surface area (Å²) in [5.74, 6) is 0.912. The minimum Gasteiger partial charge on any atom is -0.325 e. The minimum absolute atomic E-state index is 0.0152. The van der Waals surface area contributed by atoms with Gasteiger partial charge in [-0.15, -0.1) is 10.2 Å². The molecule has 0 aliphatic heterocycles. The third kappa shape index (κ3) is 3.32. The summed E-state index contributed by atoms with van der Waals surface area (Å²) in [5.41, 5.74) is 1.96. The van der Waals surface area contributed by atoms with E-state index < -0.39 is 0 Å². The predicted molar refractivity (Wildman–Crippen MR) is 88.2 cm³/mol. The zero-order valence-corrected chi connectivity index (χ0v) is 13.9. The fourth-order valence-electron chi connectivity index (χ4n) is 2.36. The summed E-state index contributed by atoms with van der Waals surface area (Å²) in [4.78, 5) is 12.3. The Balaban J connectivity index is 1.66. The highest BCUT2D eigenvalue weighted by Crippen LogP contribution is 2.39. The first kappa shape index (κ1) is 15.1. The number of thioether (sulfide) groups is 1. The van der Waals surface area contributed by atoms with Crippen molar-refractivity contribution in [3.8, 4) is 0 Å². The van der Waals surface area contributed by atoms with E-state index in [4.69, 9.17) is 0 Å². The molecule has 1 fully saturated rings. The molecular formula is C16H20N4OS. The third-order valence-corrected chi connectivity index (χ3v) is 4.74. The van der Waals surface area contributed by atoms with Crippen molar-refractivity contribution in [1.29, 1.82) is 0 Å². The van der Waals surface area contributed by atoms with Gasteiger partial charge in [0, 0.05) is 11.7 Å². The second kappa shape index (κ2) is 6.12. The van der Waals surface area contributed by atoms with E-state index in [2.05, 4.69) is 20.1 Å². The Morgan fingerprint density at radius 1 is 1.36 bits per heavy atom. The molecule has 1 aromatic carbocycles. The molecule has 2 aromatic rings. The molecule has 116 valence electrons. The Morgan fingerprint density at radius 3 is 2.82 bits per heavy atom. The van der Waals surface area contributed by atoms with E-state index in [1.807, 2.05) is 45.0 Å². The van der Waals surface area contributed by atoms with Gasteiger partial charge in [-0.2, -0.15) is 0 Å². The van der Waals surface area contributed by atoms with Crippen molar-refractivity contribution in [2.75, 3.05) is 5.32 Å². The number of carbonyl (C=O) groups excluding carboxylic acids is 1. The fraction of sp³-hybridized carbons (Fsp3) is 0.438. The van der Waals surface area contributed by atoms with Crippen LogP contribution in [-0.2, 0) is 4.79 Å². The van der Waals surface area contributed by atoms with Crippen LogP contribution in [0.4, 0.5) is 5.69 Å². The van der Waals surface area contributed by atoms with Gasteiger partial charge in [-0.05, 0) is 51.3 Å². The molecule has 0 bridgehead atoms. The Kier molecular flexibility index (Phi) is 4.20. The van der Waals surface area contributed by atoms with E-state index in [-0.39, 0.29) is 11.2 Å². The SMILES string of the molecule is Cc1cccc(NC(=O)[C@@H](C)Sc2nnc(C)n2C2CC2)c1. The summed E-state index contributed by atoms with van der Waals surface area (Å²) in [6, 6.07) is 8.33. The molecule has 1 aliphatic rings. The third-order valence-electron chi connectivity index (χ3n) is 3.68. The van der Waals surface area contributed by atoms with E-state index in [1.165, 1.54) is 24.6 Å². The number of benzene rings is 1. The summed E-state index contributed by atoms with van der Waals surface area (Å²) < 4.78 is 2.15. The summed E-state index contributed by atoms with van der Waals surface area (Å²) in [7, 11) is 0. The standard InChI is InChI=1S/C16H20N4OS/c1-10-5-4-6-13(9-10)17-15(21)11(2)22-16-19-18-12(3)20(16)14-7-8-14/h4-6,9,11,14H,7-8H2,1-3H3,(H,17,21)/t11-/m1/s1. The maximum atomic E-state index is 12.3. The van der Waals surface area contributed by atoms with Crippen LogP contribution < -0.4 is 5.32 Å². The summed E-state index contributed by atoms with van der Waals surface area (Å²) in [5, 5.41) is 11.9. The molecular weight excluding hydrogens is 296 g/mol. The van der Waals surface area contributed by atoms with E-state index in [0.717, 1.165) is 22.2 Å². The number of amides is 1. The lowest BCUT2D eigenvalue weighted by Gasteiger charge is -2.13. The molecule has 0 unspecified atom stereocenters. The topological polar surface area (TPSA) is 59.8 Å². The first-order valence-electron chi connectivity index (χ1n) is 7.50. The van der Waals surface area contributed by atoms with Crippen LogP contribution in [0, 0.1) is 13.8 Å². The van der Waals surface area contributed by atoms with E-state index in [9.17, 15) is 4.79 Å².